The molecule has 18 heavy (non-hydrogen) atoms. The summed E-state index contributed by atoms with van der Waals surface area (Å²) in [6.07, 6.45) is 3.21. The summed E-state index contributed by atoms with van der Waals surface area (Å²) in [5.74, 6) is 0.370. The quantitative estimate of drug-likeness (QED) is 0.894. The highest BCUT2D eigenvalue weighted by molar-refractivity contribution is 5.51. The van der Waals surface area contributed by atoms with E-state index in [-0.39, 0.29) is 11.6 Å². The van der Waals surface area contributed by atoms with Gasteiger partial charge in [-0.25, -0.2) is 4.39 Å². The normalized spacial score (nSPS) is 19.0. The van der Waals surface area contributed by atoms with E-state index < -0.39 is 0 Å². The molecule has 1 aromatic rings. The van der Waals surface area contributed by atoms with Crippen LogP contribution in [0.3, 0.4) is 0 Å². The molecule has 100 valence electrons. The first-order valence-corrected chi connectivity index (χ1v) is 6.30. The molecular formula is C14H20FNO2. The summed E-state index contributed by atoms with van der Waals surface area (Å²) >= 11 is 0. The molecule has 1 unspecified atom stereocenters. The van der Waals surface area contributed by atoms with Gasteiger partial charge in [0.05, 0.1) is 14.2 Å². The molecule has 0 aromatic heterocycles. The van der Waals surface area contributed by atoms with Crippen molar-refractivity contribution >= 4 is 0 Å². The maximum Gasteiger partial charge on any atom is 0.197 e. The first-order valence-electron chi connectivity index (χ1n) is 6.30. The highest BCUT2D eigenvalue weighted by atomic mass is 19.1. The highest BCUT2D eigenvalue weighted by Crippen LogP contribution is 2.37. The van der Waals surface area contributed by atoms with E-state index in [9.17, 15) is 4.39 Å². The summed E-state index contributed by atoms with van der Waals surface area (Å²) in [7, 11) is 3.02. The summed E-state index contributed by atoms with van der Waals surface area (Å²) in [5, 5.41) is 3.45. The van der Waals surface area contributed by atoms with Gasteiger partial charge in [-0.3, -0.25) is 0 Å². The molecular weight excluding hydrogens is 233 g/mol. The van der Waals surface area contributed by atoms with E-state index >= 15 is 0 Å². The van der Waals surface area contributed by atoms with E-state index in [2.05, 4.69) is 5.32 Å². The number of nitrogens with one attached hydrogen (secondary N) is 1. The van der Waals surface area contributed by atoms with Gasteiger partial charge in [0.25, 0.3) is 0 Å². The topological polar surface area (TPSA) is 30.5 Å². The molecule has 0 radical (unpaired) electrons. The van der Waals surface area contributed by atoms with Crippen LogP contribution in [0.1, 0.15) is 24.0 Å². The van der Waals surface area contributed by atoms with Crippen LogP contribution in [0.2, 0.25) is 0 Å². The summed E-state index contributed by atoms with van der Waals surface area (Å²) in [4.78, 5) is 0. The van der Waals surface area contributed by atoms with Gasteiger partial charge in [0, 0.05) is 11.6 Å². The van der Waals surface area contributed by atoms with Gasteiger partial charge < -0.3 is 14.8 Å². The minimum atomic E-state index is -0.366. The van der Waals surface area contributed by atoms with Gasteiger partial charge in [0.15, 0.2) is 17.3 Å². The Morgan fingerprint density at radius 2 is 2.06 bits per heavy atom. The summed E-state index contributed by atoms with van der Waals surface area (Å²) in [6.45, 7) is 2.97. The lowest BCUT2D eigenvalue weighted by molar-refractivity contribution is 0.333. The SMILES string of the molecule is COc1c(F)cc(C)c(CC2CCCN2)c1OC. The molecule has 1 aromatic carbocycles. The lowest BCUT2D eigenvalue weighted by Crippen LogP contribution is -2.24. The predicted molar refractivity (Wildman–Crippen MR) is 69.0 cm³/mol. The van der Waals surface area contributed by atoms with E-state index in [1.165, 1.54) is 19.6 Å². The van der Waals surface area contributed by atoms with Crippen LogP contribution in [0.4, 0.5) is 4.39 Å². The number of halogens is 1. The van der Waals surface area contributed by atoms with Crippen molar-refractivity contribution in [2.45, 2.75) is 32.2 Å². The standard InChI is InChI=1S/C14H20FNO2/c1-9-7-12(15)14(18-3)13(17-2)11(9)8-10-5-4-6-16-10/h7,10,16H,4-6,8H2,1-3H3. The number of rotatable bonds is 4. The number of hydrogen-bond acceptors (Lipinski definition) is 3. The van der Waals surface area contributed by atoms with Crippen LogP contribution >= 0.6 is 0 Å². The summed E-state index contributed by atoms with van der Waals surface area (Å²) in [6, 6.07) is 1.97. The molecule has 3 nitrogen and oxygen atoms in total. The van der Waals surface area contributed by atoms with Crippen LogP contribution in [0.25, 0.3) is 0 Å². The summed E-state index contributed by atoms with van der Waals surface area (Å²) in [5.41, 5.74) is 1.95. The maximum atomic E-state index is 13.8. The van der Waals surface area contributed by atoms with E-state index in [1.54, 1.807) is 7.11 Å². The first-order chi connectivity index (χ1) is 8.67. The second-order valence-corrected chi connectivity index (χ2v) is 4.72. The van der Waals surface area contributed by atoms with Crippen molar-refractivity contribution in [2.24, 2.45) is 0 Å². The Morgan fingerprint density at radius 1 is 1.33 bits per heavy atom. The fourth-order valence-electron chi connectivity index (χ4n) is 2.60. The van der Waals surface area contributed by atoms with Crippen LogP contribution in [-0.4, -0.2) is 26.8 Å². The van der Waals surface area contributed by atoms with Crippen molar-refractivity contribution in [3.63, 3.8) is 0 Å². The minimum absolute atomic E-state index is 0.205. The van der Waals surface area contributed by atoms with Crippen molar-refractivity contribution in [3.05, 3.63) is 23.0 Å². The molecule has 1 heterocycles. The molecule has 0 bridgehead atoms. The fraction of sp³-hybridized carbons (Fsp3) is 0.571. The largest absolute Gasteiger partial charge is 0.492 e. The molecule has 1 saturated heterocycles. The average molecular weight is 253 g/mol. The molecule has 1 atom stereocenters. The third-order valence-corrected chi connectivity index (χ3v) is 3.54. The predicted octanol–water partition coefficient (Wildman–Crippen LogP) is 2.45. The molecule has 1 aliphatic heterocycles. The number of aryl methyl sites for hydroxylation is 1. The second kappa shape index (κ2) is 5.57. The minimum Gasteiger partial charge on any atom is -0.492 e. The Balaban J connectivity index is 2.37. The van der Waals surface area contributed by atoms with Gasteiger partial charge in [-0.1, -0.05) is 0 Å². The van der Waals surface area contributed by atoms with Crippen molar-refractivity contribution in [3.8, 4) is 11.5 Å². The first kappa shape index (κ1) is 13.1. The van der Waals surface area contributed by atoms with Gasteiger partial charge in [-0.15, -0.1) is 0 Å². The zero-order valence-corrected chi connectivity index (χ0v) is 11.2. The molecule has 1 fully saturated rings. The highest BCUT2D eigenvalue weighted by Gasteiger charge is 2.22. The Hall–Kier alpha value is -1.29. The zero-order valence-electron chi connectivity index (χ0n) is 11.2. The van der Waals surface area contributed by atoms with Gasteiger partial charge in [-0.2, -0.15) is 0 Å². The van der Waals surface area contributed by atoms with Crippen molar-refractivity contribution in [2.75, 3.05) is 20.8 Å². The Bertz CT molecular complexity index is 428. The van der Waals surface area contributed by atoms with E-state index in [4.69, 9.17) is 9.47 Å². The molecule has 2 rings (SSSR count). The Kier molecular flexibility index (Phi) is 4.07. The van der Waals surface area contributed by atoms with Gasteiger partial charge in [0.1, 0.15) is 0 Å². The van der Waals surface area contributed by atoms with Crippen LogP contribution in [0, 0.1) is 12.7 Å². The molecule has 1 aliphatic rings. The van der Waals surface area contributed by atoms with Crippen LogP contribution in [-0.2, 0) is 6.42 Å². The van der Waals surface area contributed by atoms with Crippen molar-refractivity contribution in [1.82, 2.24) is 5.32 Å². The second-order valence-electron chi connectivity index (χ2n) is 4.72. The summed E-state index contributed by atoms with van der Waals surface area (Å²) < 4.78 is 24.2. The average Bonchev–Trinajstić information content (AvgIpc) is 2.84. The number of methoxy groups -OCH3 is 2. The van der Waals surface area contributed by atoms with Crippen LogP contribution < -0.4 is 14.8 Å². The zero-order chi connectivity index (χ0) is 13.1. The molecule has 0 amide bonds. The Morgan fingerprint density at radius 3 is 2.61 bits per heavy atom. The van der Waals surface area contributed by atoms with Crippen molar-refractivity contribution in [1.29, 1.82) is 0 Å². The van der Waals surface area contributed by atoms with E-state index in [0.717, 1.165) is 30.5 Å². The van der Waals surface area contributed by atoms with Crippen LogP contribution in [0.5, 0.6) is 11.5 Å². The maximum absolute atomic E-state index is 13.8. The number of hydrogen-bond donors (Lipinski definition) is 1. The van der Waals surface area contributed by atoms with Gasteiger partial charge >= 0.3 is 0 Å². The molecule has 0 spiro atoms. The van der Waals surface area contributed by atoms with Crippen molar-refractivity contribution < 1.29 is 13.9 Å². The monoisotopic (exact) mass is 253 g/mol. The Labute approximate surface area is 107 Å². The smallest absolute Gasteiger partial charge is 0.197 e. The number of ether oxygens (including phenoxy) is 2. The van der Waals surface area contributed by atoms with Gasteiger partial charge in [0.2, 0.25) is 0 Å². The molecule has 1 N–H and O–H groups in total. The lowest BCUT2D eigenvalue weighted by atomic mass is 9.98. The number of benzene rings is 1. The van der Waals surface area contributed by atoms with Gasteiger partial charge in [-0.05, 0) is 44.4 Å². The third-order valence-electron chi connectivity index (χ3n) is 3.54. The van der Waals surface area contributed by atoms with E-state index in [0.29, 0.717) is 11.8 Å². The van der Waals surface area contributed by atoms with Crippen LogP contribution in [0.15, 0.2) is 6.07 Å². The van der Waals surface area contributed by atoms with E-state index in [1.807, 2.05) is 6.92 Å². The molecule has 0 aliphatic carbocycles. The molecule has 4 heteroatoms. The molecule has 0 saturated carbocycles. The third kappa shape index (κ3) is 2.43. The fourth-order valence-corrected chi connectivity index (χ4v) is 2.60. The lowest BCUT2D eigenvalue weighted by Gasteiger charge is -2.18.